The minimum Gasteiger partial charge on any atom is -0.378 e. The van der Waals surface area contributed by atoms with E-state index in [-0.39, 0.29) is 11.9 Å². The fourth-order valence-electron chi connectivity index (χ4n) is 5.38. The predicted octanol–water partition coefficient (Wildman–Crippen LogP) is 3.87. The number of aromatic nitrogens is 2. The Morgan fingerprint density at radius 1 is 1.06 bits per heavy atom. The fourth-order valence-corrected chi connectivity index (χ4v) is 5.38. The molecule has 7 heteroatoms. The highest BCUT2D eigenvalue weighted by Crippen LogP contribution is 2.34. The fraction of sp³-hybridized carbons (Fsp3) is 0.600. The number of halogens is 1. The molecule has 3 aliphatic heterocycles. The molecule has 0 N–H and O–H groups in total. The first-order valence-corrected chi connectivity index (χ1v) is 12.0. The summed E-state index contributed by atoms with van der Waals surface area (Å²) in [4.78, 5) is 16.8. The van der Waals surface area contributed by atoms with E-state index in [1.807, 2.05) is 6.07 Å². The Labute approximate surface area is 190 Å². The average Bonchev–Trinajstić information content (AvgIpc) is 2.81. The summed E-state index contributed by atoms with van der Waals surface area (Å²) in [5.74, 6) is 1.89. The number of benzene rings is 1. The quantitative estimate of drug-likeness (QED) is 0.721. The topological polar surface area (TPSA) is 44.7 Å². The second-order valence-electron chi connectivity index (χ2n) is 9.36. The molecule has 4 heterocycles. The maximum atomic E-state index is 15.0. The molecule has 172 valence electrons. The van der Waals surface area contributed by atoms with E-state index in [1.165, 1.54) is 12.0 Å². The van der Waals surface area contributed by atoms with Gasteiger partial charge in [0.2, 0.25) is 0 Å². The zero-order valence-electron chi connectivity index (χ0n) is 19.3. The second-order valence-corrected chi connectivity index (χ2v) is 9.36. The summed E-state index contributed by atoms with van der Waals surface area (Å²) in [6.45, 7) is 7.69. The number of rotatable bonds is 4. The minimum atomic E-state index is -0.138. The van der Waals surface area contributed by atoms with Gasteiger partial charge < -0.3 is 14.5 Å². The Morgan fingerprint density at radius 3 is 2.72 bits per heavy atom. The van der Waals surface area contributed by atoms with E-state index < -0.39 is 0 Å². The van der Waals surface area contributed by atoms with Gasteiger partial charge in [0, 0.05) is 44.5 Å². The zero-order valence-corrected chi connectivity index (χ0v) is 19.3. The molecular weight excluding hydrogens is 405 g/mol. The number of likely N-dealkylation sites (tertiary alicyclic amines) is 1. The summed E-state index contributed by atoms with van der Waals surface area (Å²) >= 11 is 0. The van der Waals surface area contributed by atoms with Crippen LogP contribution >= 0.6 is 0 Å². The highest BCUT2D eigenvalue weighted by molar-refractivity contribution is 5.51. The Kier molecular flexibility index (Phi) is 6.28. The van der Waals surface area contributed by atoms with Gasteiger partial charge in [-0.05, 0) is 56.8 Å². The van der Waals surface area contributed by atoms with Crippen molar-refractivity contribution < 1.29 is 9.13 Å². The van der Waals surface area contributed by atoms with Gasteiger partial charge in [-0.3, -0.25) is 4.90 Å². The van der Waals surface area contributed by atoms with Crippen LogP contribution in [0.2, 0.25) is 0 Å². The van der Waals surface area contributed by atoms with E-state index in [2.05, 4.69) is 34.7 Å². The monoisotopic (exact) mass is 439 g/mol. The standard InChI is InChI=1S/C25H34FN5O/c1-18-20-6-5-10-29(2)25(20)28-24(27-18)23-7-3-4-11-31(23)17-19-8-9-22(21(26)16-19)30-12-14-32-15-13-30/h8-9,16,23H,3-7,10-15,17H2,1-2H3. The van der Waals surface area contributed by atoms with Crippen molar-refractivity contribution in [2.75, 3.05) is 56.2 Å². The number of ether oxygens (including phenoxy) is 1. The minimum absolute atomic E-state index is 0.138. The van der Waals surface area contributed by atoms with Crippen molar-refractivity contribution in [3.63, 3.8) is 0 Å². The lowest BCUT2D eigenvalue weighted by Gasteiger charge is -2.36. The molecule has 0 bridgehead atoms. The Morgan fingerprint density at radius 2 is 1.91 bits per heavy atom. The van der Waals surface area contributed by atoms with Crippen molar-refractivity contribution in [1.29, 1.82) is 0 Å². The van der Waals surface area contributed by atoms with Gasteiger partial charge in [0.15, 0.2) is 0 Å². The van der Waals surface area contributed by atoms with Gasteiger partial charge in [-0.2, -0.15) is 0 Å². The molecule has 2 fully saturated rings. The smallest absolute Gasteiger partial charge is 0.148 e. The van der Waals surface area contributed by atoms with Crippen LogP contribution in [-0.2, 0) is 17.7 Å². The maximum absolute atomic E-state index is 15.0. The maximum Gasteiger partial charge on any atom is 0.148 e. The normalized spacial score (nSPS) is 22.2. The molecule has 1 atom stereocenters. The van der Waals surface area contributed by atoms with E-state index in [0.29, 0.717) is 18.9 Å². The first-order chi connectivity index (χ1) is 15.6. The van der Waals surface area contributed by atoms with Crippen LogP contribution in [-0.4, -0.2) is 61.3 Å². The average molecular weight is 440 g/mol. The highest BCUT2D eigenvalue weighted by Gasteiger charge is 2.29. The lowest BCUT2D eigenvalue weighted by molar-refractivity contribution is 0.122. The van der Waals surface area contributed by atoms with Gasteiger partial charge in [0.1, 0.15) is 17.5 Å². The third-order valence-electron chi connectivity index (χ3n) is 7.15. The van der Waals surface area contributed by atoms with Gasteiger partial charge in [-0.25, -0.2) is 14.4 Å². The molecule has 0 radical (unpaired) electrons. The van der Waals surface area contributed by atoms with E-state index in [4.69, 9.17) is 14.7 Å². The van der Waals surface area contributed by atoms with E-state index in [0.717, 1.165) is 81.3 Å². The summed E-state index contributed by atoms with van der Waals surface area (Å²) < 4.78 is 20.4. The first-order valence-electron chi connectivity index (χ1n) is 12.0. The number of morpholine rings is 1. The summed E-state index contributed by atoms with van der Waals surface area (Å²) in [7, 11) is 2.13. The third kappa shape index (κ3) is 4.33. The van der Waals surface area contributed by atoms with Crippen LogP contribution in [0.15, 0.2) is 18.2 Å². The van der Waals surface area contributed by atoms with Crippen molar-refractivity contribution in [1.82, 2.24) is 14.9 Å². The van der Waals surface area contributed by atoms with Crippen LogP contribution in [0, 0.1) is 12.7 Å². The summed E-state index contributed by atoms with van der Waals surface area (Å²) in [5, 5.41) is 0. The highest BCUT2D eigenvalue weighted by atomic mass is 19.1. The Balaban J connectivity index is 1.37. The lowest BCUT2D eigenvalue weighted by atomic mass is 9.99. The van der Waals surface area contributed by atoms with Crippen LogP contribution in [0.3, 0.4) is 0 Å². The number of hydrogen-bond donors (Lipinski definition) is 0. The third-order valence-corrected chi connectivity index (χ3v) is 7.15. The second kappa shape index (κ2) is 9.32. The molecule has 3 aliphatic rings. The van der Waals surface area contributed by atoms with Crippen LogP contribution in [0.5, 0.6) is 0 Å². The molecule has 1 aromatic heterocycles. The Hall–Kier alpha value is -2.25. The zero-order chi connectivity index (χ0) is 22.1. The van der Waals surface area contributed by atoms with Crippen LogP contribution in [0.4, 0.5) is 15.9 Å². The Bertz CT molecular complexity index is 962. The summed E-state index contributed by atoms with van der Waals surface area (Å²) in [6, 6.07) is 5.91. The molecule has 5 rings (SSSR count). The van der Waals surface area contributed by atoms with Crippen molar-refractivity contribution >= 4 is 11.5 Å². The van der Waals surface area contributed by atoms with Crippen LogP contribution in [0.25, 0.3) is 0 Å². The van der Waals surface area contributed by atoms with Crippen LogP contribution in [0.1, 0.15) is 54.4 Å². The molecule has 2 saturated heterocycles. The summed E-state index contributed by atoms with van der Waals surface area (Å²) in [6.07, 6.45) is 5.62. The molecule has 2 aromatic rings. The van der Waals surface area contributed by atoms with Gasteiger partial charge >= 0.3 is 0 Å². The van der Waals surface area contributed by atoms with Gasteiger partial charge in [-0.15, -0.1) is 0 Å². The molecule has 32 heavy (non-hydrogen) atoms. The predicted molar refractivity (Wildman–Crippen MR) is 125 cm³/mol. The van der Waals surface area contributed by atoms with Crippen molar-refractivity contribution in [3.05, 3.63) is 46.7 Å². The number of aryl methyl sites for hydroxylation is 1. The largest absolute Gasteiger partial charge is 0.378 e. The van der Waals surface area contributed by atoms with Crippen LogP contribution < -0.4 is 9.80 Å². The number of anilines is 2. The molecule has 1 aromatic carbocycles. The molecule has 0 amide bonds. The molecule has 0 saturated carbocycles. The van der Waals surface area contributed by atoms with Gasteiger partial charge in [0.25, 0.3) is 0 Å². The molecule has 1 unspecified atom stereocenters. The van der Waals surface area contributed by atoms with Gasteiger partial charge in [0.05, 0.1) is 24.9 Å². The number of nitrogens with zero attached hydrogens (tertiary/aromatic N) is 5. The number of piperidine rings is 1. The van der Waals surface area contributed by atoms with E-state index in [9.17, 15) is 4.39 Å². The van der Waals surface area contributed by atoms with E-state index >= 15 is 0 Å². The summed E-state index contributed by atoms with van der Waals surface area (Å²) in [5.41, 5.74) is 4.11. The number of hydrogen-bond acceptors (Lipinski definition) is 6. The molecule has 0 spiro atoms. The van der Waals surface area contributed by atoms with E-state index in [1.54, 1.807) is 6.07 Å². The lowest BCUT2D eigenvalue weighted by Crippen LogP contribution is -2.37. The van der Waals surface area contributed by atoms with Crippen molar-refractivity contribution in [3.8, 4) is 0 Å². The van der Waals surface area contributed by atoms with Crippen molar-refractivity contribution in [2.45, 2.75) is 51.6 Å². The number of fused-ring (bicyclic) bond motifs is 1. The molecule has 6 nitrogen and oxygen atoms in total. The first kappa shape index (κ1) is 21.6. The molecule has 0 aliphatic carbocycles. The van der Waals surface area contributed by atoms with Crippen molar-refractivity contribution in [2.24, 2.45) is 0 Å². The van der Waals surface area contributed by atoms with Gasteiger partial charge in [-0.1, -0.05) is 12.5 Å². The SMILES string of the molecule is Cc1nc(C2CCCCN2Cc2ccc(N3CCOCC3)c(F)c2)nc2c1CCCN2C. The molecular formula is C25H34FN5O.